The fraction of sp³-hybridized carbons (Fsp3) is 0.417. The van der Waals surface area contributed by atoms with Gasteiger partial charge in [0.1, 0.15) is 5.82 Å². The molecule has 5 heteroatoms. The summed E-state index contributed by atoms with van der Waals surface area (Å²) in [5.74, 6) is -0.975. The molecule has 1 amide bonds. The van der Waals surface area contributed by atoms with Gasteiger partial charge in [0.15, 0.2) is 0 Å². The van der Waals surface area contributed by atoms with Gasteiger partial charge >= 0.3 is 0 Å². The highest BCUT2D eigenvalue weighted by atomic mass is 19.1. The van der Waals surface area contributed by atoms with Crippen molar-refractivity contribution < 1.29 is 13.9 Å². The minimum Gasteiger partial charge on any atom is -0.383 e. The molecule has 0 saturated heterocycles. The smallest absolute Gasteiger partial charge is 0.254 e. The monoisotopic (exact) mass is 240 g/mol. The number of aryl methyl sites for hydroxylation is 1. The first-order valence-electron chi connectivity index (χ1n) is 5.35. The zero-order valence-electron chi connectivity index (χ0n) is 10.00. The summed E-state index contributed by atoms with van der Waals surface area (Å²) in [7, 11) is 1.52. The van der Waals surface area contributed by atoms with Crippen LogP contribution in [0, 0.1) is 12.7 Å². The lowest BCUT2D eigenvalue weighted by atomic mass is 10.1. The molecule has 0 aromatic heterocycles. The number of ether oxygens (including phenoxy) is 1. The van der Waals surface area contributed by atoms with Crippen molar-refractivity contribution in [1.82, 2.24) is 5.32 Å². The van der Waals surface area contributed by atoms with E-state index >= 15 is 0 Å². The van der Waals surface area contributed by atoms with Crippen molar-refractivity contribution in [3.05, 3.63) is 35.1 Å². The molecule has 1 atom stereocenters. The number of rotatable bonds is 5. The normalized spacial score (nSPS) is 12.2. The van der Waals surface area contributed by atoms with E-state index in [1.165, 1.54) is 13.2 Å². The van der Waals surface area contributed by atoms with Gasteiger partial charge in [-0.05, 0) is 18.6 Å². The largest absolute Gasteiger partial charge is 0.383 e. The maximum Gasteiger partial charge on any atom is 0.254 e. The van der Waals surface area contributed by atoms with Gasteiger partial charge in [0.05, 0.1) is 18.2 Å². The van der Waals surface area contributed by atoms with Crippen LogP contribution in [0.5, 0.6) is 0 Å². The van der Waals surface area contributed by atoms with E-state index < -0.39 is 11.7 Å². The van der Waals surface area contributed by atoms with Crippen LogP contribution in [0.15, 0.2) is 18.2 Å². The summed E-state index contributed by atoms with van der Waals surface area (Å²) in [6.07, 6.45) is 0. The summed E-state index contributed by atoms with van der Waals surface area (Å²) in [6, 6.07) is 4.38. The molecule has 1 rings (SSSR count). The Kier molecular flexibility index (Phi) is 5.06. The molecule has 0 heterocycles. The highest BCUT2D eigenvalue weighted by molar-refractivity contribution is 5.94. The molecule has 94 valence electrons. The molecule has 0 fully saturated rings. The fourth-order valence-corrected chi connectivity index (χ4v) is 1.46. The number of benzene rings is 1. The minimum atomic E-state index is -0.502. The summed E-state index contributed by atoms with van der Waals surface area (Å²) in [6.45, 7) is 2.16. The molecule has 0 bridgehead atoms. The predicted octanol–water partition coefficient (Wildman–Crippen LogP) is 0.838. The molecule has 1 aromatic carbocycles. The fourth-order valence-electron chi connectivity index (χ4n) is 1.46. The van der Waals surface area contributed by atoms with Gasteiger partial charge in [0.25, 0.3) is 5.91 Å². The number of nitrogens with two attached hydrogens (primary N) is 1. The van der Waals surface area contributed by atoms with E-state index in [9.17, 15) is 9.18 Å². The van der Waals surface area contributed by atoms with E-state index in [1.54, 1.807) is 19.1 Å². The topological polar surface area (TPSA) is 64.3 Å². The summed E-state index contributed by atoms with van der Waals surface area (Å²) >= 11 is 0. The van der Waals surface area contributed by atoms with E-state index in [1.807, 2.05) is 0 Å². The molecule has 0 aliphatic heterocycles. The maximum atomic E-state index is 13.7. The molecule has 0 radical (unpaired) electrons. The second-order valence-electron chi connectivity index (χ2n) is 3.80. The van der Waals surface area contributed by atoms with Gasteiger partial charge in [0, 0.05) is 13.7 Å². The third-order valence-electron chi connectivity index (χ3n) is 2.42. The SMILES string of the molecule is COCC(CN)NC(=O)c1cccc(C)c1F. The van der Waals surface area contributed by atoms with Crippen LogP contribution in [0.4, 0.5) is 4.39 Å². The molecule has 0 spiro atoms. The van der Waals surface area contributed by atoms with E-state index in [-0.39, 0.29) is 18.2 Å². The zero-order chi connectivity index (χ0) is 12.8. The van der Waals surface area contributed by atoms with E-state index in [0.717, 1.165) is 0 Å². The van der Waals surface area contributed by atoms with Gasteiger partial charge in [-0.1, -0.05) is 12.1 Å². The second kappa shape index (κ2) is 6.32. The van der Waals surface area contributed by atoms with Crippen molar-refractivity contribution in [3.63, 3.8) is 0 Å². The summed E-state index contributed by atoms with van der Waals surface area (Å²) in [5.41, 5.74) is 5.93. The van der Waals surface area contributed by atoms with Gasteiger partial charge in [-0.25, -0.2) is 4.39 Å². The number of hydrogen-bond donors (Lipinski definition) is 2. The molecule has 0 aliphatic rings. The van der Waals surface area contributed by atoms with E-state index in [2.05, 4.69) is 5.32 Å². The number of hydrogen-bond acceptors (Lipinski definition) is 3. The number of methoxy groups -OCH3 is 1. The van der Waals surface area contributed by atoms with E-state index in [4.69, 9.17) is 10.5 Å². The van der Waals surface area contributed by atoms with Gasteiger partial charge in [-0.3, -0.25) is 4.79 Å². The highest BCUT2D eigenvalue weighted by Crippen LogP contribution is 2.11. The number of carbonyl (C=O) groups is 1. The van der Waals surface area contributed by atoms with Gasteiger partial charge in [-0.15, -0.1) is 0 Å². The van der Waals surface area contributed by atoms with Crippen molar-refractivity contribution in [2.24, 2.45) is 5.73 Å². The predicted molar refractivity (Wildman–Crippen MR) is 63.3 cm³/mol. The number of nitrogens with one attached hydrogen (secondary N) is 1. The van der Waals surface area contributed by atoms with Crippen LogP contribution in [0.3, 0.4) is 0 Å². The number of halogens is 1. The Morgan fingerprint density at radius 2 is 2.29 bits per heavy atom. The van der Waals surface area contributed by atoms with Gasteiger partial charge < -0.3 is 15.8 Å². The van der Waals surface area contributed by atoms with Crippen molar-refractivity contribution in [2.45, 2.75) is 13.0 Å². The zero-order valence-corrected chi connectivity index (χ0v) is 10.00. The molecule has 0 saturated carbocycles. The Labute approximate surface area is 100.0 Å². The Hall–Kier alpha value is -1.46. The van der Waals surface area contributed by atoms with Crippen LogP contribution in [0.25, 0.3) is 0 Å². The van der Waals surface area contributed by atoms with Crippen LogP contribution in [0.2, 0.25) is 0 Å². The molecule has 1 aromatic rings. The lowest BCUT2D eigenvalue weighted by molar-refractivity contribution is 0.0896. The third kappa shape index (κ3) is 3.51. The van der Waals surface area contributed by atoms with E-state index in [0.29, 0.717) is 12.2 Å². The Morgan fingerprint density at radius 1 is 1.59 bits per heavy atom. The Morgan fingerprint density at radius 3 is 2.88 bits per heavy atom. The Bertz CT molecular complexity index is 396. The lowest BCUT2D eigenvalue weighted by Crippen LogP contribution is -2.43. The third-order valence-corrected chi connectivity index (χ3v) is 2.42. The standard InChI is InChI=1S/C12H17FN2O2/c1-8-4-3-5-10(11(8)13)12(16)15-9(6-14)7-17-2/h3-5,9H,6-7,14H2,1-2H3,(H,15,16). The summed E-state index contributed by atoms with van der Waals surface area (Å²) < 4.78 is 18.6. The molecule has 3 N–H and O–H groups in total. The van der Waals surface area contributed by atoms with Crippen molar-refractivity contribution in [1.29, 1.82) is 0 Å². The molecule has 0 aliphatic carbocycles. The molecule has 4 nitrogen and oxygen atoms in total. The number of carbonyl (C=O) groups excluding carboxylic acids is 1. The average molecular weight is 240 g/mol. The Balaban J connectivity index is 2.79. The van der Waals surface area contributed by atoms with Crippen LogP contribution < -0.4 is 11.1 Å². The van der Waals surface area contributed by atoms with Crippen molar-refractivity contribution in [3.8, 4) is 0 Å². The van der Waals surface area contributed by atoms with Crippen LogP contribution in [-0.4, -0.2) is 32.2 Å². The lowest BCUT2D eigenvalue weighted by Gasteiger charge is -2.16. The second-order valence-corrected chi connectivity index (χ2v) is 3.80. The highest BCUT2D eigenvalue weighted by Gasteiger charge is 2.16. The summed E-state index contributed by atoms with van der Waals surface area (Å²) in [5, 5.41) is 2.62. The quantitative estimate of drug-likeness (QED) is 0.801. The molecular weight excluding hydrogens is 223 g/mol. The van der Waals surface area contributed by atoms with Gasteiger partial charge in [-0.2, -0.15) is 0 Å². The molecule has 17 heavy (non-hydrogen) atoms. The van der Waals surface area contributed by atoms with Crippen LogP contribution in [-0.2, 0) is 4.74 Å². The maximum absolute atomic E-state index is 13.7. The molecule has 1 unspecified atom stereocenters. The van der Waals surface area contributed by atoms with Crippen LogP contribution in [0.1, 0.15) is 15.9 Å². The van der Waals surface area contributed by atoms with Crippen molar-refractivity contribution in [2.75, 3.05) is 20.3 Å². The first-order valence-corrected chi connectivity index (χ1v) is 5.35. The van der Waals surface area contributed by atoms with Crippen LogP contribution >= 0.6 is 0 Å². The number of amides is 1. The molecular formula is C12H17FN2O2. The van der Waals surface area contributed by atoms with Gasteiger partial charge in [0.2, 0.25) is 0 Å². The average Bonchev–Trinajstić information content (AvgIpc) is 2.31. The summed E-state index contributed by atoms with van der Waals surface area (Å²) in [4.78, 5) is 11.8. The minimum absolute atomic E-state index is 0.0274. The first-order chi connectivity index (χ1) is 8.10. The van der Waals surface area contributed by atoms with Crippen molar-refractivity contribution >= 4 is 5.91 Å². The first kappa shape index (κ1) is 13.6.